The van der Waals surface area contributed by atoms with E-state index in [2.05, 4.69) is 10.3 Å². The highest BCUT2D eigenvalue weighted by atomic mass is 16.5. The number of para-hydroxylation sites is 1. The zero-order valence-corrected chi connectivity index (χ0v) is 15.3. The molecule has 1 aromatic heterocycles. The van der Waals surface area contributed by atoms with Crippen molar-refractivity contribution in [1.82, 2.24) is 14.9 Å². The summed E-state index contributed by atoms with van der Waals surface area (Å²) in [7, 11) is 0. The van der Waals surface area contributed by atoms with Gasteiger partial charge in [-0.25, -0.2) is 4.98 Å². The van der Waals surface area contributed by atoms with Crippen LogP contribution in [0.2, 0.25) is 0 Å². The molecule has 5 heteroatoms. The molecule has 0 saturated carbocycles. The number of carbonyl (C=O) groups excluding carboxylic acids is 1. The van der Waals surface area contributed by atoms with Gasteiger partial charge in [-0.15, -0.1) is 0 Å². The van der Waals surface area contributed by atoms with Crippen molar-refractivity contribution >= 4 is 5.91 Å². The maximum Gasteiger partial charge on any atom is 0.251 e. The van der Waals surface area contributed by atoms with Crippen LogP contribution in [-0.4, -0.2) is 21.6 Å². The lowest BCUT2D eigenvalue weighted by molar-refractivity contribution is 0.0951. The first-order chi connectivity index (χ1) is 12.5. The molecule has 0 aliphatic carbocycles. The number of rotatable bonds is 6. The van der Waals surface area contributed by atoms with Gasteiger partial charge in [-0.2, -0.15) is 0 Å². The van der Waals surface area contributed by atoms with E-state index >= 15 is 0 Å². The molecule has 2 aromatic carbocycles. The SMILES string of the molecule is Cc1nccn1-c1ccccc1CNC(=O)c1ccc(OC(C)C)cc1. The maximum absolute atomic E-state index is 12.4. The second kappa shape index (κ2) is 7.87. The van der Waals surface area contributed by atoms with Crippen LogP contribution < -0.4 is 10.1 Å². The van der Waals surface area contributed by atoms with Gasteiger partial charge in [-0.3, -0.25) is 4.79 Å². The Kier molecular flexibility index (Phi) is 5.37. The molecular formula is C21H23N3O2. The van der Waals surface area contributed by atoms with Crippen LogP contribution in [0.15, 0.2) is 60.9 Å². The number of benzene rings is 2. The molecule has 5 nitrogen and oxygen atoms in total. The van der Waals surface area contributed by atoms with Gasteiger partial charge in [0.05, 0.1) is 11.8 Å². The van der Waals surface area contributed by atoms with Crippen LogP contribution in [0.3, 0.4) is 0 Å². The lowest BCUT2D eigenvalue weighted by Crippen LogP contribution is -2.23. The van der Waals surface area contributed by atoms with E-state index in [0.717, 1.165) is 22.8 Å². The van der Waals surface area contributed by atoms with Gasteiger partial charge < -0.3 is 14.6 Å². The summed E-state index contributed by atoms with van der Waals surface area (Å²) < 4.78 is 7.62. The summed E-state index contributed by atoms with van der Waals surface area (Å²) in [6.45, 7) is 6.34. The molecule has 1 amide bonds. The van der Waals surface area contributed by atoms with Crippen molar-refractivity contribution in [2.75, 3.05) is 0 Å². The summed E-state index contributed by atoms with van der Waals surface area (Å²) in [6.07, 6.45) is 3.80. The van der Waals surface area contributed by atoms with Gasteiger partial charge in [-0.05, 0) is 56.7 Å². The molecule has 0 atom stereocenters. The first-order valence-electron chi connectivity index (χ1n) is 8.68. The Morgan fingerprint density at radius 3 is 2.54 bits per heavy atom. The van der Waals surface area contributed by atoms with E-state index < -0.39 is 0 Å². The second-order valence-electron chi connectivity index (χ2n) is 6.35. The molecule has 0 saturated heterocycles. The van der Waals surface area contributed by atoms with Gasteiger partial charge in [-0.1, -0.05) is 18.2 Å². The first-order valence-corrected chi connectivity index (χ1v) is 8.68. The van der Waals surface area contributed by atoms with Crippen molar-refractivity contribution in [2.24, 2.45) is 0 Å². The molecule has 0 radical (unpaired) electrons. The largest absolute Gasteiger partial charge is 0.491 e. The number of aryl methyl sites for hydroxylation is 1. The Morgan fingerprint density at radius 1 is 1.15 bits per heavy atom. The van der Waals surface area contributed by atoms with E-state index in [1.54, 1.807) is 18.3 Å². The van der Waals surface area contributed by atoms with Crippen LogP contribution in [0.5, 0.6) is 5.75 Å². The minimum absolute atomic E-state index is 0.109. The Labute approximate surface area is 153 Å². The van der Waals surface area contributed by atoms with Gasteiger partial charge in [0, 0.05) is 24.5 Å². The van der Waals surface area contributed by atoms with Crippen molar-refractivity contribution in [1.29, 1.82) is 0 Å². The predicted octanol–water partition coefficient (Wildman–Crippen LogP) is 3.90. The zero-order chi connectivity index (χ0) is 18.5. The zero-order valence-electron chi connectivity index (χ0n) is 15.3. The van der Waals surface area contributed by atoms with Crippen LogP contribution >= 0.6 is 0 Å². The molecule has 0 bridgehead atoms. The molecule has 0 unspecified atom stereocenters. The van der Waals surface area contributed by atoms with E-state index in [1.807, 2.05) is 67.9 Å². The third kappa shape index (κ3) is 4.11. The smallest absolute Gasteiger partial charge is 0.251 e. The topological polar surface area (TPSA) is 56.2 Å². The van der Waals surface area contributed by atoms with Gasteiger partial charge in [0.15, 0.2) is 0 Å². The monoisotopic (exact) mass is 349 g/mol. The lowest BCUT2D eigenvalue weighted by atomic mass is 10.1. The molecule has 134 valence electrons. The number of nitrogens with zero attached hydrogens (tertiary/aromatic N) is 2. The lowest BCUT2D eigenvalue weighted by Gasteiger charge is -2.13. The van der Waals surface area contributed by atoms with Gasteiger partial charge in [0.2, 0.25) is 0 Å². The molecule has 0 aliphatic heterocycles. The molecule has 3 rings (SSSR count). The molecule has 1 N–H and O–H groups in total. The normalized spacial score (nSPS) is 10.8. The van der Waals surface area contributed by atoms with Crippen molar-refractivity contribution < 1.29 is 9.53 Å². The summed E-state index contributed by atoms with van der Waals surface area (Å²) >= 11 is 0. The van der Waals surface area contributed by atoms with E-state index in [0.29, 0.717) is 12.1 Å². The molecule has 26 heavy (non-hydrogen) atoms. The van der Waals surface area contributed by atoms with Gasteiger partial charge >= 0.3 is 0 Å². The molecule has 0 fully saturated rings. The number of carbonyl (C=O) groups is 1. The van der Waals surface area contributed by atoms with Crippen molar-refractivity contribution in [3.05, 3.63) is 77.9 Å². The van der Waals surface area contributed by atoms with E-state index in [4.69, 9.17) is 4.74 Å². The highest BCUT2D eigenvalue weighted by Gasteiger charge is 2.10. The minimum atomic E-state index is -0.113. The summed E-state index contributed by atoms with van der Waals surface area (Å²) in [6, 6.07) is 15.2. The number of aromatic nitrogens is 2. The van der Waals surface area contributed by atoms with Crippen LogP contribution in [-0.2, 0) is 6.54 Å². The fraction of sp³-hybridized carbons (Fsp3) is 0.238. The molecule has 3 aromatic rings. The second-order valence-corrected chi connectivity index (χ2v) is 6.35. The quantitative estimate of drug-likeness (QED) is 0.734. The Morgan fingerprint density at radius 2 is 1.88 bits per heavy atom. The Balaban J connectivity index is 1.70. The average molecular weight is 349 g/mol. The number of hydrogen-bond acceptors (Lipinski definition) is 3. The number of amides is 1. The highest BCUT2D eigenvalue weighted by Crippen LogP contribution is 2.17. The number of imidazole rings is 1. The van der Waals surface area contributed by atoms with E-state index in [1.165, 1.54) is 0 Å². The average Bonchev–Trinajstić information content (AvgIpc) is 3.06. The van der Waals surface area contributed by atoms with E-state index in [9.17, 15) is 4.79 Å². The summed E-state index contributed by atoms with van der Waals surface area (Å²) in [4.78, 5) is 16.7. The Bertz CT molecular complexity index is 882. The number of ether oxygens (including phenoxy) is 1. The fourth-order valence-corrected chi connectivity index (χ4v) is 2.76. The highest BCUT2D eigenvalue weighted by molar-refractivity contribution is 5.94. The molecule has 0 aliphatic rings. The molecule has 1 heterocycles. The third-order valence-corrected chi connectivity index (χ3v) is 4.00. The molecular weight excluding hydrogens is 326 g/mol. The summed E-state index contributed by atoms with van der Waals surface area (Å²) in [5.41, 5.74) is 2.66. The Hall–Kier alpha value is -3.08. The first kappa shape index (κ1) is 17.7. The van der Waals surface area contributed by atoms with Crippen LogP contribution in [0, 0.1) is 6.92 Å². The maximum atomic E-state index is 12.4. The molecule has 0 spiro atoms. The predicted molar refractivity (Wildman–Crippen MR) is 102 cm³/mol. The van der Waals surface area contributed by atoms with Crippen molar-refractivity contribution in [2.45, 2.75) is 33.4 Å². The van der Waals surface area contributed by atoms with E-state index in [-0.39, 0.29) is 12.0 Å². The van der Waals surface area contributed by atoms with Gasteiger partial charge in [0.25, 0.3) is 5.91 Å². The standard InChI is InChI=1S/C21H23N3O2/c1-15(2)26-19-10-8-17(9-11-19)21(25)23-14-18-6-4-5-7-20(18)24-13-12-22-16(24)3/h4-13,15H,14H2,1-3H3,(H,23,25). The van der Waals surface area contributed by atoms with Crippen LogP contribution in [0.1, 0.15) is 35.6 Å². The van der Waals surface area contributed by atoms with Gasteiger partial charge in [0.1, 0.15) is 11.6 Å². The summed E-state index contributed by atoms with van der Waals surface area (Å²) in [5.74, 6) is 1.56. The third-order valence-electron chi connectivity index (χ3n) is 4.00. The minimum Gasteiger partial charge on any atom is -0.491 e. The summed E-state index contributed by atoms with van der Waals surface area (Å²) in [5, 5.41) is 2.98. The van der Waals surface area contributed by atoms with Crippen LogP contribution in [0.4, 0.5) is 0 Å². The van der Waals surface area contributed by atoms with Crippen molar-refractivity contribution in [3.63, 3.8) is 0 Å². The number of nitrogens with one attached hydrogen (secondary N) is 1. The number of hydrogen-bond donors (Lipinski definition) is 1. The fourth-order valence-electron chi connectivity index (χ4n) is 2.76. The van der Waals surface area contributed by atoms with Crippen molar-refractivity contribution in [3.8, 4) is 11.4 Å². The van der Waals surface area contributed by atoms with Crippen LogP contribution in [0.25, 0.3) is 5.69 Å².